The number of nitrogens with zero attached hydrogens (tertiary/aromatic N) is 1. The number of aryl methyl sites for hydroxylation is 2. The van der Waals surface area contributed by atoms with Gasteiger partial charge in [0, 0.05) is 19.0 Å². The predicted octanol–water partition coefficient (Wildman–Crippen LogP) is 7.78. The maximum absolute atomic E-state index is 14.1. The van der Waals surface area contributed by atoms with Gasteiger partial charge in [-0.25, -0.2) is 9.18 Å². The van der Waals surface area contributed by atoms with Crippen molar-refractivity contribution < 1.29 is 23.1 Å². The topological polar surface area (TPSA) is 48.0 Å². The average Bonchev–Trinajstić information content (AvgIpc) is 3.19. The zero-order chi connectivity index (χ0) is 28.1. The molecule has 210 valence electrons. The lowest BCUT2D eigenvalue weighted by Crippen LogP contribution is -2.45. The van der Waals surface area contributed by atoms with Crippen LogP contribution in [0.15, 0.2) is 48.5 Å². The molecule has 5 nitrogen and oxygen atoms in total. The summed E-state index contributed by atoms with van der Waals surface area (Å²) < 4.78 is 32.6. The molecule has 1 aliphatic rings. The van der Waals surface area contributed by atoms with E-state index in [1.165, 1.54) is 11.6 Å². The number of hydrogen-bond acceptors (Lipinski definition) is 4. The van der Waals surface area contributed by atoms with Crippen LogP contribution >= 0.6 is 0 Å². The number of halogens is 1. The second-order valence-electron chi connectivity index (χ2n) is 12.9. The van der Waals surface area contributed by atoms with Crippen molar-refractivity contribution in [3.8, 4) is 5.75 Å². The van der Waals surface area contributed by atoms with Gasteiger partial charge in [0.1, 0.15) is 17.2 Å². The van der Waals surface area contributed by atoms with Crippen LogP contribution in [0.25, 0.3) is 0 Å². The zero-order valence-electron chi connectivity index (χ0n) is 24.5. The van der Waals surface area contributed by atoms with Crippen LogP contribution in [0.5, 0.6) is 5.75 Å². The van der Waals surface area contributed by atoms with Crippen LogP contribution < -0.4 is 4.74 Å². The molecular formula is C31H46FNO4Si. The fraction of sp³-hybridized carbons (Fsp3) is 0.581. The fourth-order valence-electron chi connectivity index (χ4n) is 4.48. The van der Waals surface area contributed by atoms with Crippen LogP contribution in [-0.2, 0) is 22.0 Å². The van der Waals surface area contributed by atoms with Crippen LogP contribution in [0.4, 0.5) is 9.18 Å². The van der Waals surface area contributed by atoms with E-state index in [0.29, 0.717) is 31.7 Å². The number of rotatable bonds is 9. The number of carbonyl (C=O) groups is 1. The number of benzene rings is 2. The summed E-state index contributed by atoms with van der Waals surface area (Å²) in [5, 5.41) is 0.0870. The lowest BCUT2D eigenvalue weighted by atomic mass is 10.0. The molecule has 2 aromatic rings. The third kappa shape index (κ3) is 8.57. The summed E-state index contributed by atoms with van der Waals surface area (Å²) in [5.41, 5.74) is 1.48. The number of hydrogen-bond donors (Lipinski definition) is 0. The molecule has 1 heterocycles. The highest BCUT2D eigenvalue weighted by atomic mass is 28.4. The molecule has 1 aliphatic heterocycles. The Kier molecular flexibility index (Phi) is 9.69. The van der Waals surface area contributed by atoms with E-state index in [0.717, 1.165) is 18.4 Å². The summed E-state index contributed by atoms with van der Waals surface area (Å²) >= 11 is 0. The summed E-state index contributed by atoms with van der Waals surface area (Å²) in [6.45, 7) is 17.7. The maximum atomic E-state index is 14.1. The van der Waals surface area contributed by atoms with Gasteiger partial charge in [0.15, 0.2) is 8.32 Å². The van der Waals surface area contributed by atoms with E-state index in [4.69, 9.17) is 13.9 Å². The minimum absolute atomic E-state index is 0.0272. The number of carbonyl (C=O) groups excluding carboxylic acids is 1. The van der Waals surface area contributed by atoms with Crippen molar-refractivity contribution in [3.05, 3.63) is 65.5 Å². The molecule has 0 aliphatic carbocycles. The van der Waals surface area contributed by atoms with E-state index < -0.39 is 13.9 Å². The summed E-state index contributed by atoms with van der Waals surface area (Å²) in [6.07, 6.45) is 2.55. The monoisotopic (exact) mass is 543 g/mol. The van der Waals surface area contributed by atoms with Crippen LogP contribution in [0, 0.1) is 5.82 Å². The van der Waals surface area contributed by atoms with Crippen molar-refractivity contribution in [1.82, 2.24) is 4.90 Å². The van der Waals surface area contributed by atoms with E-state index in [1.807, 2.05) is 43.9 Å². The first kappa shape index (κ1) is 30.2. The minimum Gasteiger partial charge on any atom is -0.493 e. The lowest BCUT2D eigenvalue weighted by molar-refractivity contribution is 0.0196. The Balaban J connectivity index is 1.67. The van der Waals surface area contributed by atoms with Gasteiger partial charge in [-0.2, -0.15) is 0 Å². The Morgan fingerprint density at radius 2 is 1.71 bits per heavy atom. The van der Waals surface area contributed by atoms with Gasteiger partial charge in [0.05, 0.1) is 12.7 Å². The molecule has 0 unspecified atom stereocenters. The van der Waals surface area contributed by atoms with Gasteiger partial charge >= 0.3 is 6.09 Å². The van der Waals surface area contributed by atoms with Gasteiger partial charge in [0.25, 0.3) is 0 Å². The Morgan fingerprint density at radius 1 is 1.03 bits per heavy atom. The Labute approximate surface area is 229 Å². The first-order valence-corrected chi connectivity index (χ1v) is 16.7. The maximum Gasteiger partial charge on any atom is 0.410 e. The zero-order valence-corrected chi connectivity index (χ0v) is 25.5. The Morgan fingerprint density at radius 3 is 2.34 bits per heavy atom. The second-order valence-corrected chi connectivity index (χ2v) is 17.7. The first-order valence-electron chi connectivity index (χ1n) is 13.8. The summed E-state index contributed by atoms with van der Waals surface area (Å²) in [6, 6.07) is 14.8. The van der Waals surface area contributed by atoms with Crippen molar-refractivity contribution in [1.29, 1.82) is 0 Å². The van der Waals surface area contributed by atoms with E-state index in [-0.39, 0.29) is 29.1 Å². The second kappa shape index (κ2) is 12.2. The molecule has 0 radical (unpaired) electrons. The van der Waals surface area contributed by atoms with Crippen molar-refractivity contribution in [2.75, 3.05) is 13.2 Å². The molecule has 1 fully saturated rings. The van der Waals surface area contributed by atoms with E-state index in [9.17, 15) is 9.18 Å². The molecule has 7 heteroatoms. The van der Waals surface area contributed by atoms with Gasteiger partial charge < -0.3 is 18.8 Å². The molecule has 0 spiro atoms. The SMILES string of the molecule is CC(C)(C)OC(=O)N1C[C@H](O[Si](C)(C)C(C)(C)C)C[C@H]1CCOc1ccc(F)cc1CCc1ccccc1. The molecule has 0 N–H and O–H groups in total. The average molecular weight is 544 g/mol. The highest BCUT2D eigenvalue weighted by Gasteiger charge is 2.44. The van der Waals surface area contributed by atoms with Crippen molar-refractivity contribution in [2.24, 2.45) is 0 Å². The van der Waals surface area contributed by atoms with Gasteiger partial charge in [-0.3, -0.25) is 0 Å². The van der Waals surface area contributed by atoms with E-state index in [2.05, 4.69) is 46.0 Å². The summed E-state index contributed by atoms with van der Waals surface area (Å²) in [5.74, 6) is 0.427. The normalized spacial score (nSPS) is 18.5. The molecule has 2 aromatic carbocycles. The van der Waals surface area contributed by atoms with E-state index in [1.54, 1.807) is 12.1 Å². The molecule has 0 bridgehead atoms. The standard InChI is InChI=1S/C31H46FNO4Si/c1-30(2,3)36-29(34)33-22-27(37-38(7,8)31(4,5)6)21-26(33)18-19-35-28-17-16-25(32)20-24(28)15-14-23-12-10-9-11-13-23/h9-13,16-17,20,26-27H,14-15,18-19,21-22H2,1-8H3/t26-,27-/m1/s1. The number of amides is 1. The third-order valence-corrected chi connectivity index (χ3v) is 12.1. The Bertz CT molecular complexity index is 1060. The highest BCUT2D eigenvalue weighted by molar-refractivity contribution is 6.74. The molecule has 3 rings (SSSR count). The van der Waals surface area contributed by atoms with Crippen molar-refractivity contribution in [2.45, 2.75) is 103 Å². The lowest BCUT2D eigenvalue weighted by Gasteiger charge is -2.38. The molecule has 0 aromatic heterocycles. The number of likely N-dealkylation sites (tertiary alicyclic amines) is 1. The first-order chi connectivity index (χ1) is 17.6. The van der Waals surface area contributed by atoms with Crippen LogP contribution in [0.2, 0.25) is 18.1 Å². The molecule has 38 heavy (non-hydrogen) atoms. The summed E-state index contributed by atoms with van der Waals surface area (Å²) in [7, 11) is -1.99. The van der Waals surface area contributed by atoms with Crippen molar-refractivity contribution >= 4 is 14.4 Å². The molecule has 1 amide bonds. The third-order valence-electron chi connectivity index (χ3n) is 7.53. The quantitative estimate of drug-likeness (QED) is 0.303. The van der Waals surface area contributed by atoms with E-state index >= 15 is 0 Å². The van der Waals surface area contributed by atoms with Gasteiger partial charge in [-0.15, -0.1) is 0 Å². The van der Waals surface area contributed by atoms with Crippen molar-refractivity contribution in [3.63, 3.8) is 0 Å². The van der Waals surface area contributed by atoms with Gasteiger partial charge in [-0.1, -0.05) is 51.1 Å². The molecule has 1 saturated heterocycles. The predicted molar refractivity (Wildman–Crippen MR) is 154 cm³/mol. The van der Waals surface area contributed by atoms with Crippen LogP contribution in [-0.4, -0.2) is 50.2 Å². The molecule has 2 atom stereocenters. The fourth-order valence-corrected chi connectivity index (χ4v) is 5.84. The van der Waals surface area contributed by atoms with Gasteiger partial charge in [0.2, 0.25) is 0 Å². The molecule has 0 saturated carbocycles. The van der Waals surface area contributed by atoms with Crippen LogP contribution in [0.1, 0.15) is 65.5 Å². The largest absolute Gasteiger partial charge is 0.493 e. The number of ether oxygens (including phenoxy) is 2. The smallest absolute Gasteiger partial charge is 0.410 e. The van der Waals surface area contributed by atoms with Crippen LogP contribution in [0.3, 0.4) is 0 Å². The molecular weight excluding hydrogens is 497 g/mol. The minimum atomic E-state index is -1.99. The Hall–Kier alpha value is -2.38. The summed E-state index contributed by atoms with van der Waals surface area (Å²) in [4.78, 5) is 14.9. The van der Waals surface area contributed by atoms with Gasteiger partial charge in [-0.05, 0) is 87.5 Å². The highest BCUT2D eigenvalue weighted by Crippen LogP contribution is 2.39.